The van der Waals surface area contributed by atoms with Crippen LogP contribution in [0.2, 0.25) is 0 Å². The molecule has 6 heteroatoms. The number of aliphatic hydroxyl groups excluding tert-OH is 1. The fourth-order valence-electron chi connectivity index (χ4n) is 4.91. The Hall–Kier alpha value is -2.18. The molecule has 2 bridgehead atoms. The van der Waals surface area contributed by atoms with Gasteiger partial charge >= 0.3 is 0 Å². The number of aliphatic hydroxyl groups is 1. The molecule has 2 saturated heterocycles. The molecule has 2 fully saturated rings. The zero-order valence-corrected chi connectivity index (χ0v) is 15.5. The molecular weight excluding hydrogens is 340 g/mol. The van der Waals surface area contributed by atoms with Crippen LogP contribution in [0.5, 0.6) is 5.75 Å². The minimum atomic E-state index is -0.268. The van der Waals surface area contributed by atoms with Gasteiger partial charge in [0.1, 0.15) is 5.75 Å². The van der Waals surface area contributed by atoms with Crippen molar-refractivity contribution < 1.29 is 10.2 Å². The van der Waals surface area contributed by atoms with Gasteiger partial charge < -0.3 is 15.1 Å². The number of β-amino-alcohol motifs (C(OH)–C–C–N with tert-alkyl or cyclic N) is 1. The van der Waals surface area contributed by atoms with Crippen LogP contribution in [0, 0.1) is 0 Å². The van der Waals surface area contributed by atoms with Crippen LogP contribution >= 0.6 is 0 Å². The van der Waals surface area contributed by atoms with Gasteiger partial charge in [-0.15, -0.1) is 0 Å². The fourth-order valence-corrected chi connectivity index (χ4v) is 4.91. The Bertz CT molecular complexity index is 825. The minimum Gasteiger partial charge on any atom is -0.508 e. The Morgan fingerprint density at radius 3 is 2.78 bits per heavy atom. The van der Waals surface area contributed by atoms with Gasteiger partial charge in [-0.2, -0.15) is 0 Å². The summed E-state index contributed by atoms with van der Waals surface area (Å²) in [6.45, 7) is 2.46. The molecule has 2 N–H and O–H groups in total. The lowest BCUT2D eigenvalue weighted by Gasteiger charge is -2.36. The third-order valence-electron chi connectivity index (χ3n) is 6.30. The van der Waals surface area contributed by atoms with E-state index >= 15 is 0 Å². The number of nitrogens with zero attached hydrogens (tertiary/aromatic N) is 4. The van der Waals surface area contributed by atoms with E-state index in [1.807, 2.05) is 18.3 Å². The van der Waals surface area contributed by atoms with Crippen LogP contribution in [0.4, 0.5) is 5.95 Å². The van der Waals surface area contributed by atoms with E-state index in [0.29, 0.717) is 24.4 Å². The second-order valence-electron chi connectivity index (χ2n) is 8.10. The summed E-state index contributed by atoms with van der Waals surface area (Å²) < 4.78 is 0. The van der Waals surface area contributed by atoms with Crippen molar-refractivity contribution in [3.8, 4) is 5.75 Å². The third-order valence-corrected chi connectivity index (χ3v) is 6.30. The number of anilines is 1. The summed E-state index contributed by atoms with van der Waals surface area (Å²) in [6.07, 6.45) is 6.93. The summed E-state index contributed by atoms with van der Waals surface area (Å²) in [5.74, 6) is 1.09. The van der Waals surface area contributed by atoms with Crippen LogP contribution in [0.1, 0.15) is 48.5 Å². The molecule has 1 aromatic heterocycles. The standard InChI is InChI=1S/C21H26N4O2/c26-16-6-3-14(4-7-16)12-25-15-5-8-20(25)18-11-22-21(23-19(18)10-15)24-9-1-2-17(27)13-24/h3-4,6-7,11,15,17,20,26-27H,1-2,5,8-10,12-13H2/t15-,17+,20-/m0/s1. The minimum absolute atomic E-state index is 0.268. The highest BCUT2D eigenvalue weighted by Crippen LogP contribution is 2.44. The molecule has 3 atom stereocenters. The highest BCUT2D eigenvalue weighted by molar-refractivity contribution is 5.38. The molecule has 0 spiro atoms. The van der Waals surface area contributed by atoms with Gasteiger partial charge in [0.15, 0.2) is 0 Å². The maximum absolute atomic E-state index is 9.95. The molecular formula is C21H26N4O2. The summed E-state index contributed by atoms with van der Waals surface area (Å²) >= 11 is 0. The van der Waals surface area contributed by atoms with E-state index in [1.54, 1.807) is 12.1 Å². The highest BCUT2D eigenvalue weighted by Gasteiger charge is 2.41. The number of piperidine rings is 1. The number of aromatic hydroxyl groups is 1. The Labute approximate surface area is 159 Å². The van der Waals surface area contributed by atoms with E-state index in [2.05, 4.69) is 14.8 Å². The van der Waals surface area contributed by atoms with Crippen molar-refractivity contribution >= 4 is 5.95 Å². The van der Waals surface area contributed by atoms with Crippen LogP contribution in [0.25, 0.3) is 0 Å². The number of benzene rings is 1. The molecule has 0 amide bonds. The molecule has 1 aromatic carbocycles. The first-order valence-corrected chi connectivity index (χ1v) is 10.00. The first-order chi connectivity index (χ1) is 13.2. The van der Waals surface area contributed by atoms with E-state index in [1.165, 1.54) is 23.2 Å². The maximum Gasteiger partial charge on any atom is 0.225 e. The van der Waals surface area contributed by atoms with Gasteiger partial charge in [-0.1, -0.05) is 12.1 Å². The fraction of sp³-hybridized carbons (Fsp3) is 0.524. The van der Waals surface area contributed by atoms with Crippen molar-refractivity contribution in [3.63, 3.8) is 0 Å². The molecule has 0 radical (unpaired) electrons. The summed E-state index contributed by atoms with van der Waals surface area (Å²) in [5.41, 5.74) is 3.69. The van der Waals surface area contributed by atoms with Crippen LogP contribution in [0.15, 0.2) is 30.5 Å². The molecule has 142 valence electrons. The van der Waals surface area contributed by atoms with Crippen molar-refractivity contribution in [1.29, 1.82) is 0 Å². The molecule has 27 heavy (non-hydrogen) atoms. The summed E-state index contributed by atoms with van der Waals surface area (Å²) in [4.78, 5) is 14.3. The van der Waals surface area contributed by atoms with Crippen molar-refractivity contribution in [3.05, 3.63) is 47.3 Å². The number of hydrogen-bond donors (Lipinski definition) is 2. The normalized spacial score (nSPS) is 27.6. The van der Waals surface area contributed by atoms with E-state index in [0.717, 1.165) is 44.7 Å². The third kappa shape index (κ3) is 3.17. The molecule has 6 nitrogen and oxygen atoms in total. The summed E-state index contributed by atoms with van der Waals surface area (Å²) in [6, 6.07) is 8.44. The first-order valence-electron chi connectivity index (χ1n) is 10.00. The van der Waals surface area contributed by atoms with E-state index < -0.39 is 0 Å². The first kappa shape index (κ1) is 17.0. The Morgan fingerprint density at radius 2 is 1.96 bits per heavy atom. The van der Waals surface area contributed by atoms with Crippen LogP contribution in [0.3, 0.4) is 0 Å². The van der Waals surface area contributed by atoms with Gasteiger partial charge in [0.25, 0.3) is 0 Å². The molecule has 0 saturated carbocycles. The lowest BCUT2D eigenvalue weighted by atomic mass is 9.98. The largest absolute Gasteiger partial charge is 0.508 e. The smallest absolute Gasteiger partial charge is 0.225 e. The monoisotopic (exact) mass is 366 g/mol. The molecule has 2 aromatic rings. The Balaban J connectivity index is 1.38. The number of fused-ring (bicyclic) bond motifs is 4. The molecule has 5 rings (SSSR count). The average Bonchev–Trinajstić information content (AvgIpc) is 2.95. The topological polar surface area (TPSA) is 72.7 Å². The molecule has 3 aliphatic rings. The van der Waals surface area contributed by atoms with Gasteiger partial charge in [-0.25, -0.2) is 9.97 Å². The quantitative estimate of drug-likeness (QED) is 0.869. The SMILES string of the molecule is Oc1ccc(CN2[C@H]3CC[C@H]2c2cnc(N4CCC[C@@H](O)C4)nc2C3)cc1. The number of phenols is 1. The maximum atomic E-state index is 9.95. The molecule has 3 aliphatic heterocycles. The zero-order chi connectivity index (χ0) is 18.4. The van der Waals surface area contributed by atoms with E-state index in [4.69, 9.17) is 4.98 Å². The summed E-state index contributed by atoms with van der Waals surface area (Å²) in [7, 11) is 0. The predicted octanol–water partition coefficient (Wildman–Crippen LogP) is 2.41. The molecule has 0 aliphatic carbocycles. The highest BCUT2D eigenvalue weighted by atomic mass is 16.3. The predicted molar refractivity (Wildman–Crippen MR) is 103 cm³/mol. The van der Waals surface area contributed by atoms with Gasteiger partial charge in [-0.05, 0) is 43.4 Å². The van der Waals surface area contributed by atoms with Crippen LogP contribution in [-0.2, 0) is 13.0 Å². The Kier molecular flexibility index (Phi) is 4.25. The number of phenolic OH excluding ortho intramolecular Hbond substituents is 1. The van der Waals surface area contributed by atoms with Crippen molar-refractivity contribution in [2.75, 3.05) is 18.0 Å². The number of hydrogen-bond acceptors (Lipinski definition) is 6. The van der Waals surface area contributed by atoms with Crippen LogP contribution < -0.4 is 4.90 Å². The van der Waals surface area contributed by atoms with Crippen molar-refractivity contribution in [2.45, 2.75) is 56.8 Å². The Morgan fingerprint density at radius 1 is 1.11 bits per heavy atom. The van der Waals surface area contributed by atoms with Gasteiger partial charge in [0.2, 0.25) is 5.95 Å². The zero-order valence-electron chi connectivity index (χ0n) is 15.5. The van der Waals surface area contributed by atoms with Gasteiger partial charge in [-0.3, -0.25) is 4.90 Å². The van der Waals surface area contributed by atoms with Crippen molar-refractivity contribution in [2.24, 2.45) is 0 Å². The second kappa shape index (κ2) is 6.77. The van der Waals surface area contributed by atoms with Crippen molar-refractivity contribution in [1.82, 2.24) is 14.9 Å². The lowest BCUT2D eigenvalue weighted by Crippen LogP contribution is -2.40. The number of rotatable bonds is 3. The molecule has 4 heterocycles. The van der Waals surface area contributed by atoms with E-state index in [-0.39, 0.29) is 6.10 Å². The van der Waals surface area contributed by atoms with Crippen LogP contribution in [-0.4, -0.2) is 50.3 Å². The summed E-state index contributed by atoms with van der Waals surface area (Å²) in [5, 5.41) is 19.5. The second-order valence-corrected chi connectivity index (χ2v) is 8.10. The van der Waals surface area contributed by atoms with E-state index in [9.17, 15) is 10.2 Å². The number of aromatic nitrogens is 2. The average molecular weight is 366 g/mol. The molecule has 0 unspecified atom stereocenters. The lowest BCUT2D eigenvalue weighted by molar-refractivity contribution is 0.153. The van der Waals surface area contributed by atoms with Gasteiger partial charge in [0, 0.05) is 49.9 Å². The van der Waals surface area contributed by atoms with Gasteiger partial charge in [0.05, 0.1) is 11.8 Å².